The lowest BCUT2D eigenvalue weighted by Gasteiger charge is -2.07. The molecule has 2 aromatic heterocycles. The summed E-state index contributed by atoms with van der Waals surface area (Å²) in [7, 11) is 1.57. The van der Waals surface area contributed by atoms with Crippen molar-refractivity contribution in [3.63, 3.8) is 0 Å². The number of carbonyl (C=O) groups excluding carboxylic acids is 1. The number of fused-ring (bicyclic) bond motifs is 1. The molecule has 1 aromatic carbocycles. The summed E-state index contributed by atoms with van der Waals surface area (Å²) in [5.74, 6) is 0.479. The number of nitrogens with zero attached hydrogens (tertiary/aromatic N) is 2. The average molecular weight is 297 g/mol. The van der Waals surface area contributed by atoms with E-state index in [2.05, 4.69) is 10.3 Å². The van der Waals surface area contributed by atoms with Gasteiger partial charge in [-0.05, 0) is 43.3 Å². The van der Waals surface area contributed by atoms with Gasteiger partial charge in [0.05, 0.1) is 12.8 Å². The molecule has 3 rings (SSSR count). The van der Waals surface area contributed by atoms with Gasteiger partial charge in [0, 0.05) is 11.9 Å². The van der Waals surface area contributed by atoms with Gasteiger partial charge in [-0.25, -0.2) is 4.98 Å². The summed E-state index contributed by atoms with van der Waals surface area (Å²) in [5.41, 5.74) is 2.25. The highest BCUT2D eigenvalue weighted by atomic mass is 16.5. The van der Waals surface area contributed by atoms with Crippen LogP contribution in [-0.4, -0.2) is 27.5 Å². The number of aromatic hydroxyl groups is 1. The van der Waals surface area contributed by atoms with Crippen LogP contribution in [0.3, 0.4) is 0 Å². The minimum atomic E-state index is -0.274. The van der Waals surface area contributed by atoms with Crippen LogP contribution in [0.5, 0.6) is 11.5 Å². The standard InChI is InChI=1S/C16H15N3O3/c1-10-14(16(21)18-11-5-7-12(20)8-6-11)19-9-3-4-13(22-2)15(19)17-10/h3-9,20H,1-2H3,(H,18,21). The van der Waals surface area contributed by atoms with Crippen LogP contribution in [-0.2, 0) is 0 Å². The molecule has 22 heavy (non-hydrogen) atoms. The number of ether oxygens (including phenoxy) is 1. The molecule has 0 radical (unpaired) electrons. The summed E-state index contributed by atoms with van der Waals surface area (Å²) in [6.45, 7) is 1.78. The molecule has 6 heteroatoms. The van der Waals surface area contributed by atoms with Crippen molar-refractivity contribution in [1.29, 1.82) is 0 Å². The smallest absolute Gasteiger partial charge is 0.274 e. The third-order valence-electron chi connectivity index (χ3n) is 3.35. The highest BCUT2D eigenvalue weighted by molar-refractivity contribution is 6.04. The molecule has 112 valence electrons. The van der Waals surface area contributed by atoms with Crippen LogP contribution in [0.4, 0.5) is 5.69 Å². The molecule has 0 aliphatic heterocycles. The lowest BCUT2D eigenvalue weighted by atomic mass is 10.2. The highest BCUT2D eigenvalue weighted by Crippen LogP contribution is 2.22. The number of aryl methyl sites for hydroxylation is 1. The number of methoxy groups -OCH3 is 1. The molecule has 2 N–H and O–H groups in total. The van der Waals surface area contributed by atoms with Crippen molar-refractivity contribution >= 4 is 17.2 Å². The summed E-state index contributed by atoms with van der Waals surface area (Å²) >= 11 is 0. The number of imidazole rings is 1. The normalized spacial score (nSPS) is 10.6. The molecule has 6 nitrogen and oxygen atoms in total. The number of phenolic OH excluding ortho intramolecular Hbond substituents is 1. The molecular formula is C16H15N3O3. The van der Waals surface area contributed by atoms with E-state index in [-0.39, 0.29) is 11.7 Å². The number of benzene rings is 1. The van der Waals surface area contributed by atoms with Crippen LogP contribution < -0.4 is 10.1 Å². The van der Waals surface area contributed by atoms with E-state index in [1.807, 2.05) is 0 Å². The Bertz CT molecular complexity index is 838. The van der Waals surface area contributed by atoms with E-state index in [9.17, 15) is 9.90 Å². The highest BCUT2D eigenvalue weighted by Gasteiger charge is 2.18. The van der Waals surface area contributed by atoms with Gasteiger partial charge in [-0.3, -0.25) is 9.20 Å². The largest absolute Gasteiger partial charge is 0.508 e. The first kappa shape index (κ1) is 13.9. The molecule has 0 saturated heterocycles. The predicted octanol–water partition coefficient (Wildman–Crippen LogP) is 2.61. The van der Waals surface area contributed by atoms with Crippen molar-refractivity contribution in [3.05, 3.63) is 54.0 Å². The van der Waals surface area contributed by atoms with Gasteiger partial charge >= 0.3 is 0 Å². The molecule has 1 amide bonds. The molecule has 0 fully saturated rings. The monoisotopic (exact) mass is 297 g/mol. The molecule has 0 atom stereocenters. The van der Waals surface area contributed by atoms with Crippen molar-refractivity contribution < 1.29 is 14.6 Å². The van der Waals surface area contributed by atoms with E-state index in [1.54, 1.807) is 48.9 Å². The zero-order valence-electron chi connectivity index (χ0n) is 12.2. The van der Waals surface area contributed by atoms with Gasteiger partial charge < -0.3 is 15.2 Å². The first-order valence-corrected chi connectivity index (χ1v) is 6.72. The van der Waals surface area contributed by atoms with Crippen molar-refractivity contribution in [2.75, 3.05) is 12.4 Å². The van der Waals surface area contributed by atoms with Gasteiger partial charge in [-0.15, -0.1) is 0 Å². The van der Waals surface area contributed by atoms with Crippen LogP contribution in [0, 0.1) is 6.92 Å². The molecule has 3 aromatic rings. The van der Waals surface area contributed by atoms with Crippen LogP contribution in [0.2, 0.25) is 0 Å². The molecule has 0 aliphatic carbocycles. The van der Waals surface area contributed by atoms with Crippen molar-refractivity contribution in [2.24, 2.45) is 0 Å². The quantitative estimate of drug-likeness (QED) is 0.729. The van der Waals surface area contributed by atoms with E-state index < -0.39 is 0 Å². The molecule has 0 bridgehead atoms. The second kappa shape index (κ2) is 5.40. The summed E-state index contributed by atoms with van der Waals surface area (Å²) in [6, 6.07) is 9.88. The Balaban J connectivity index is 2.00. The summed E-state index contributed by atoms with van der Waals surface area (Å²) < 4.78 is 6.96. The fourth-order valence-corrected chi connectivity index (χ4v) is 2.32. The van der Waals surface area contributed by atoms with Gasteiger partial charge in [0.15, 0.2) is 11.4 Å². The predicted molar refractivity (Wildman–Crippen MR) is 82.5 cm³/mol. The molecule has 0 aliphatic rings. The fourth-order valence-electron chi connectivity index (χ4n) is 2.32. The van der Waals surface area contributed by atoms with E-state index in [1.165, 1.54) is 12.1 Å². The van der Waals surface area contributed by atoms with Crippen molar-refractivity contribution in [1.82, 2.24) is 9.38 Å². The summed E-state index contributed by atoms with van der Waals surface area (Å²) in [6.07, 6.45) is 1.77. The Labute approximate surface area is 127 Å². The molecule has 0 spiro atoms. The number of rotatable bonds is 3. The Hall–Kier alpha value is -3.02. The van der Waals surface area contributed by atoms with Gasteiger partial charge in [-0.2, -0.15) is 0 Å². The van der Waals surface area contributed by atoms with Gasteiger partial charge in [0.1, 0.15) is 11.4 Å². The second-order valence-electron chi connectivity index (χ2n) is 4.82. The molecule has 0 saturated carbocycles. The van der Waals surface area contributed by atoms with E-state index >= 15 is 0 Å². The fraction of sp³-hybridized carbons (Fsp3) is 0.125. The third kappa shape index (κ3) is 2.35. The average Bonchev–Trinajstić information content (AvgIpc) is 2.85. The minimum absolute atomic E-state index is 0.147. The van der Waals surface area contributed by atoms with Crippen LogP contribution in [0.15, 0.2) is 42.6 Å². The Morgan fingerprint density at radius 3 is 2.68 bits per heavy atom. The maximum Gasteiger partial charge on any atom is 0.274 e. The first-order valence-electron chi connectivity index (χ1n) is 6.72. The number of amides is 1. The maximum atomic E-state index is 12.5. The Kier molecular flexibility index (Phi) is 3.42. The zero-order chi connectivity index (χ0) is 15.7. The number of phenols is 1. The van der Waals surface area contributed by atoms with Crippen molar-refractivity contribution in [3.8, 4) is 11.5 Å². The topological polar surface area (TPSA) is 75.9 Å². The lowest BCUT2D eigenvalue weighted by molar-refractivity contribution is 0.102. The third-order valence-corrected chi connectivity index (χ3v) is 3.35. The van der Waals surface area contributed by atoms with Crippen LogP contribution in [0.1, 0.15) is 16.2 Å². The second-order valence-corrected chi connectivity index (χ2v) is 4.82. The van der Waals surface area contributed by atoms with Crippen LogP contribution in [0.25, 0.3) is 5.65 Å². The van der Waals surface area contributed by atoms with E-state index in [0.29, 0.717) is 28.5 Å². The van der Waals surface area contributed by atoms with Gasteiger partial charge in [0.25, 0.3) is 5.91 Å². The SMILES string of the molecule is COc1cccn2c(C(=O)Nc3ccc(O)cc3)c(C)nc12. The van der Waals surface area contributed by atoms with E-state index in [4.69, 9.17) is 4.74 Å². The number of aromatic nitrogens is 2. The number of hydrogen-bond acceptors (Lipinski definition) is 4. The summed E-state index contributed by atoms with van der Waals surface area (Å²) in [5, 5.41) is 12.1. The zero-order valence-corrected chi connectivity index (χ0v) is 12.2. The molecular weight excluding hydrogens is 282 g/mol. The minimum Gasteiger partial charge on any atom is -0.508 e. The van der Waals surface area contributed by atoms with Gasteiger partial charge in [0.2, 0.25) is 0 Å². The van der Waals surface area contributed by atoms with Crippen molar-refractivity contribution in [2.45, 2.75) is 6.92 Å². The summed E-state index contributed by atoms with van der Waals surface area (Å²) in [4.78, 5) is 16.9. The Morgan fingerprint density at radius 2 is 2.00 bits per heavy atom. The number of hydrogen-bond donors (Lipinski definition) is 2. The maximum absolute atomic E-state index is 12.5. The number of carbonyl (C=O) groups is 1. The molecule has 0 unspecified atom stereocenters. The van der Waals surface area contributed by atoms with Gasteiger partial charge in [-0.1, -0.05) is 0 Å². The Morgan fingerprint density at radius 1 is 1.27 bits per heavy atom. The molecule has 2 heterocycles. The number of anilines is 1. The van der Waals surface area contributed by atoms with E-state index in [0.717, 1.165) is 0 Å². The number of nitrogens with one attached hydrogen (secondary N) is 1. The lowest BCUT2D eigenvalue weighted by Crippen LogP contribution is -2.15. The number of pyridine rings is 1. The van der Waals surface area contributed by atoms with Crippen LogP contribution >= 0.6 is 0 Å². The first-order chi connectivity index (χ1) is 10.6.